The van der Waals surface area contributed by atoms with Crippen molar-refractivity contribution in [1.29, 1.82) is 0 Å². The molecule has 2 aromatic carbocycles. The van der Waals surface area contributed by atoms with Crippen LogP contribution in [-0.2, 0) is 9.36 Å². The standard InChI is InChI=1S/C17H19O4PS/c1-2-6-14(16(18)19)17(20,22-21)11-23-15-10-5-8-12-7-3-4-9-13(12)15/h3-5,7-10,14,20H,2,6,11H2,1H3,(H,18,19)/p+1. The molecule has 23 heavy (non-hydrogen) atoms. The van der Waals surface area contributed by atoms with E-state index in [1.807, 2.05) is 49.4 Å². The lowest BCUT2D eigenvalue weighted by Crippen LogP contribution is -2.39. The lowest BCUT2D eigenvalue weighted by atomic mass is 9.98. The number of hydrogen-bond acceptors (Lipinski definition) is 4. The number of rotatable bonds is 8. The van der Waals surface area contributed by atoms with Crippen LogP contribution in [0.1, 0.15) is 19.8 Å². The van der Waals surface area contributed by atoms with Crippen LogP contribution in [0.5, 0.6) is 0 Å². The van der Waals surface area contributed by atoms with E-state index in [1.165, 1.54) is 11.8 Å². The van der Waals surface area contributed by atoms with E-state index in [2.05, 4.69) is 0 Å². The van der Waals surface area contributed by atoms with Gasteiger partial charge in [0.25, 0.3) is 5.34 Å². The number of aliphatic hydroxyl groups is 1. The van der Waals surface area contributed by atoms with Gasteiger partial charge in [-0.05, 0) is 23.3 Å². The molecule has 0 aliphatic heterocycles. The number of thioether (sulfide) groups is 1. The second-order valence-corrected chi connectivity index (χ2v) is 7.56. The fourth-order valence-corrected chi connectivity index (χ4v) is 4.52. The molecule has 2 N–H and O–H groups in total. The average molecular weight is 351 g/mol. The topological polar surface area (TPSA) is 74.6 Å². The SMILES string of the molecule is CCCC(C(=O)O)C(O)(CSc1cccc2ccccc12)[PH+]=O. The molecule has 0 bridgehead atoms. The Morgan fingerprint density at radius 3 is 2.61 bits per heavy atom. The normalized spacial score (nSPS) is 15.4. The molecule has 3 atom stereocenters. The first kappa shape index (κ1) is 17.9. The number of aliphatic carboxylic acids is 1. The van der Waals surface area contributed by atoms with Gasteiger partial charge in [-0.15, -0.1) is 11.8 Å². The van der Waals surface area contributed by atoms with Gasteiger partial charge in [0.1, 0.15) is 5.92 Å². The summed E-state index contributed by atoms with van der Waals surface area (Å²) in [6.45, 7) is 1.85. The highest BCUT2D eigenvalue weighted by Crippen LogP contribution is 2.39. The van der Waals surface area contributed by atoms with Gasteiger partial charge in [0, 0.05) is 4.90 Å². The van der Waals surface area contributed by atoms with Gasteiger partial charge in [-0.25, -0.2) is 0 Å². The number of benzene rings is 2. The lowest BCUT2D eigenvalue weighted by Gasteiger charge is -2.21. The fourth-order valence-electron chi connectivity index (χ4n) is 2.57. The van der Waals surface area contributed by atoms with Gasteiger partial charge >= 0.3 is 14.4 Å². The highest BCUT2D eigenvalue weighted by molar-refractivity contribution is 7.99. The minimum Gasteiger partial charge on any atom is -0.481 e. The fraction of sp³-hybridized carbons (Fsp3) is 0.353. The average Bonchev–Trinajstić information content (AvgIpc) is 2.57. The van der Waals surface area contributed by atoms with E-state index >= 15 is 0 Å². The van der Waals surface area contributed by atoms with Crippen molar-refractivity contribution < 1.29 is 19.6 Å². The van der Waals surface area contributed by atoms with Gasteiger partial charge in [0.15, 0.2) is 0 Å². The van der Waals surface area contributed by atoms with Gasteiger partial charge in [0.2, 0.25) is 0 Å². The molecule has 0 spiro atoms. The molecule has 3 unspecified atom stereocenters. The van der Waals surface area contributed by atoms with E-state index < -0.39 is 25.7 Å². The molecule has 6 heteroatoms. The van der Waals surface area contributed by atoms with Crippen LogP contribution in [0.15, 0.2) is 47.4 Å². The van der Waals surface area contributed by atoms with Crippen molar-refractivity contribution in [2.45, 2.75) is 30.0 Å². The van der Waals surface area contributed by atoms with Crippen molar-refractivity contribution in [3.8, 4) is 0 Å². The minimum absolute atomic E-state index is 0.0833. The highest BCUT2D eigenvalue weighted by atomic mass is 32.2. The third-order valence-electron chi connectivity index (χ3n) is 3.83. The van der Waals surface area contributed by atoms with Crippen molar-refractivity contribution in [1.82, 2.24) is 0 Å². The predicted octanol–water partition coefficient (Wildman–Crippen LogP) is 4.15. The second kappa shape index (κ2) is 7.91. The summed E-state index contributed by atoms with van der Waals surface area (Å²) in [4.78, 5) is 12.4. The molecule has 0 aromatic heterocycles. The van der Waals surface area contributed by atoms with E-state index in [-0.39, 0.29) is 5.75 Å². The van der Waals surface area contributed by atoms with Crippen LogP contribution in [0, 0.1) is 5.92 Å². The first-order valence-electron chi connectivity index (χ1n) is 7.47. The molecule has 122 valence electrons. The van der Waals surface area contributed by atoms with Crippen LogP contribution in [-0.4, -0.2) is 27.3 Å². The van der Waals surface area contributed by atoms with E-state index in [4.69, 9.17) is 0 Å². The zero-order valence-electron chi connectivity index (χ0n) is 12.9. The molecule has 2 rings (SSSR count). The van der Waals surface area contributed by atoms with Crippen molar-refractivity contribution in [2.75, 3.05) is 5.75 Å². The van der Waals surface area contributed by atoms with Crippen LogP contribution in [0.4, 0.5) is 0 Å². The van der Waals surface area contributed by atoms with Crippen LogP contribution in [0.25, 0.3) is 10.8 Å². The second-order valence-electron chi connectivity index (χ2n) is 5.47. The van der Waals surface area contributed by atoms with Gasteiger partial charge in [0.05, 0.1) is 5.75 Å². The highest BCUT2D eigenvalue weighted by Gasteiger charge is 2.49. The Balaban J connectivity index is 2.25. The van der Waals surface area contributed by atoms with Crippen molar-refractivity contribution in [3.05, 3.63) is 42.5 Å². The predicted molar refractivity (Wildman–Crippen MR) is 94.7 cm³/mol. The maximum atomic E-state index is 11.6. The Hall–Kier alpha value is -1.42. The largest absolute Gasteiger partial charge is 0.481 e. The molecule has 4 nitrogen and oxygen atoms in total. The molecule has 0 saturated heterocycles. The summed E-state index contributed by atoms with van der Waals surface area (Å²) in [6.07, 6.45) is 0.917. The monoisotopic (exact) mass is 351 g/mol. The summed E-state index contributed by atoms with van der Waals surface area (Å²) in [6, 6.07) is 13.7. The molecule has 0 fully saturated rings. The zero-order chi connectivity index (χ0) is 16.9. The first-order chi connectivity index (χ1) is 11.0. The summed E-state index contributed by atoms with van der Waals surface area (Å²) >= 11 is 1.35. The molecule has 0 aliphatic carbocycles. The molecule has 0 heterocycles. The van der Waals surface area contributed by atoms with Crippen molar-refractivity contribution in [3.63, 3.8) is 0 Å². The van der Waals surface area contributed by atoms with Gasteiger partial charge in [-0.1, -0.05) is 54.3 Å². The molecule has 0 amide bonds. The van der Waals surface area contributed by atoms with Crippen LogP contribution in [0.3, 0.4) is 0 Å². The number of carbonyl (C=O) groups is 1. The Labute approximate surface area is 141 Å². The molecular weight excluding hydrogens is 331 g/mol. The van der Waals surface area contributed by atoms with Crippen molar-refractivity contribution >= 4 is 37.0 Å². The first-order valence-corrected chi connectivity index (χ1v) is 9.36. The van der Waals surface area contributed by atoms with Gasteiger partial charge < -0.3 is 10.2 Å². The molecule has 0 radical (unpaired) electrons. The van der Waals surface area contributed by atoms with Crippen LogP contribution < -0.4 is 0 Å². The number of hydrogen-bond donors (Lipinski definition) is 2. The Morgan fingerprint density at radius 2 is 1.96 bits per heavy atom. The molecule has 2 aromatic rings. The van der Waals surface area contributed by atoms with Gasteiger partial charge in [-0.2, -0.15) is 0 Å². The van der Waals surface area contributed by atoms with Crippen molar-refractivity contribution in [2.24, 2.45) is 5.92 Å². The number of carboxylic acids is 1. The summed E-state index contributed by atoms with van der Waals surface area (Å²) in [5.74, 6) is -2.04. The summed E-state index contributed by atoms with van der Waals surface area (Å²) in [7, 11) is -1.08. The van der Waals surface area contributed by atoms with Crippen LogP contribution in [0.2, 0.25) is 0 Å². The van der Waals surface area contributed by atoms with E-state index in [0.29, 0.717) is 12.8 Å². The van der Waals surface area contributed by atoms with E-state index in [9.17, 15) is 19.6 Å². The summed E-state index contributed by atoms with van der Waals surface area (Å²) in [5, 5.41) is 20.3. The maximum Gasteiger partial charge on any atom is 0.361 e. The Kier molecular flexibility index (Phi) is 6.17. The third-order valence-corrected chi connectivity index (χ3v) is 6.21. The minimum atomic E-state index is -1.72. The summed E-state index contributed by atoms with van der Waals surface area (Å²) in [5.41, 5.74) is 0. The third kappa shape index (κ3) is 4.11. The maximum absolute atomic E-state index is 11.6. The van der Waals surface area contributed by atoms with Gasteiger partial charge in [-0.3, -0.25) is 4.79 Å². The van der Waals surface area contributed by atoms with E-state index in [1.54, 1.807) is 0 Å². The molecule has 0 aliphatic rings. The molecule has 0 saturated carbocycles. The smallest absolute Gasteiger partial charge is 0.361 e. The van der Waals surface area contributed by atoms with E-state index in [0.717, 1.165) is 15.7 Å². The van der Waals surface area contributed by atoms with Crippen LogP contribution >= 0.6 is 20.2 Å². The number of fused-ring (bicyclic) bond motifs is 1. The quantitative estimate of drug-likeness (QED) is 0.552. The lowest BCUT2D eigenvalue weighted by molar-refractivity contribution is -0.146. The Bertz CT molecular complexity index is 701. The number of carboxylic acid groups (broad SMARTS) is 1. The summed E-state index contributed by atoms with van der Waals surface area (Å²) < 4.78 is 11.6. The zero-order valence-corrected chi connectivity index (χ0v) is 14.7. The Morgan fingerprint density at radius 1 is 1.26 bits per heavy atom. The molecular formula is C17H20O4PS+.